The van der Waals surface area contributed by atoms with E-state index in [1.165, 1.54) is 0 Å². The zero-order chi connectivity index (χ0) is 13.7. The Morgan fingerprint density at radius 1 is 1.44 bits per heavy atom. The molecular weight excluding hydrogens is 487 g/mol. The Bertz CT molecular complexity index is 495. The topological polar surface area (TPSA) is 145 Å². The van der Waals surface area contributed by atoms with Crippen LogP contribution in [0.3, 0.4) is 0 Å². The summed E-state index contributed by atoms with van der Waals surface area (Å²) in [6.45, 7) is 0. The van der Waals surface area contributed by atoms with Crippen LogP contribution < -0.4 is 44.0 Å². The third kappa shape index (κ3) is 4.24. The van der Waals surface area contributed by atoms with Crippen molar-refractivity contribution >= 4 is 57.7 Å². The third-order valence-electron chi connectivity index (χ3n) is 1.56. The van der Waals surface area contributed by atoms with Gasteiger partial charge in [-0.25, -0.2) is 0 Å². The van der Waals surface area contributed by atoms with Crippen molar-refractivity contribution in [2.45, 2.75) is 0 Å². The van der Waals surface area contributed by atoms with Crippen LogP contribution in [0, 0.1) is 0 Å². The Labute approximate surface area is 132 Å². The molecule has 0 saturated heterocycles. The molecule has 18 heavy (non-hydrogen) atoms. The van der Waals surface area contributed by atoms with Crippen LogP contribution in [0.25, 0.3) is 0 Å². The first-order chi connectivity index (χ1) is 8.45. The average molecular weight is 496 g/mol. The fraction of sp³-hybridized carbons (Fsp3) is 0.143. The number of nitrogens with two attached hydrogens (primary N) is 3. The van der Waals surface area contributed by atoms with E-state index >= 15 is 0 Å². The number of hydrogen-bond donors (Lipinski definition) is 4. The standard InChI is InChI=1S/C7H9ClI2N7O/c8-3-5(12)15-4(11)2(14-3)6(18)16-7(13)17-10-1-9/h1H2,(H4,11,12,15)(H3,13,16,17,18)/q-1. The van der Waals surface area contributed by atoms with Crippen molar-refractivity contribution in [1.29, 1.82) is 0 Å². The molecule has 1 amide bonds. The van der Waals surface area contributed by atoms with E-state index in [2.05, 4.69) is 41.1 Å². The average Bonchev–Trinajstić information content (AvgIpc) is 2.31. The molecule has 0 aliphatic carbocycles. The number of alkyl halides is 2. The molecule has 0 spiro atoms. The second-order valence-corrected chi connectivity index (χ2v) is 8.75. The van der Waals surface area contributed by atoms with Gasteiger partial charge in [0.1, 0.15) is 0 Å². The molecule has 1 heterocycles. The minimum absolute atomic E-state index is 0.0265. The quantitative estimate of drug-likeness (QED) is 0.150. The van der Waals surface area contributed by atoms with Crippen LogP contribution in [0.4, 0.5) is 11.6 Å². The van der Waals surface area contributed by atoms with Crippen molar-refractivity contribution in [3.63, 3.8) is 0 Å². The van der Waals surface area contributed by atoms with E-state index in [9.17, 15) is 4.79 Å². The summed E-state index contributed by atoms with van der Waals surface area (Å²) in [7, 11) is 0. The van der Waals surface area contributed by atoms with E-state index in [1.807, 2.05) is 0 Å². The number of rotatable bonds is 3. The van der Waals surface area contributed by atoms with Crippen molar-refractivity contribution in [2.75, 3.05) is 13.9 Å². The first-order valence-corrected chi connectivity index (χ1v) is 8.72. The zero-order valence-electron chi connectivity index (χ0n) is 8.82. The number of guanidine groups is 1. The number of carbonyl (C=O) groups is 1. The van der Waals surface area contributed by atoms with Gasteiger partial charge in [0.25, 0.3) is 0 Å². The van der Waals surface area contributed by atoms with Crippen LogP contribution in [0.2, 0.25) is 5.15 Å². The molecule has 0 unspecified atom stereocenters. The van der Waals surface area contributed by atoms with E-state index in [-0.39, 0.29) is 28.4 Å². The molecule has 11 heteroatoms. The van der Waals surface area contributed by atoms with Gasteiger partial charge in [0.2, 0.25) is 0 Å². The monoisotopic (exact) mass is 496 g/mol. The van der Waals surface area contributed by atoms with Crippen molar-refractivity contribution in [3.05, 3.63) is 10.8 Å². The summed E-state index contributed by atoms with van der Waals surface area (Å²) >= 11 is 7.43. The third-order valence-corrected chi connectivity index (χ3v) is 4.68. The Hall–Kier alpha value is -0.630. The molecule has 1 aromatic rings. The van der Waals surface area contributed by atoms with Gasteiger partial charge in [0, 0.05) is 0 Å². The summed E-state index contributed by atoms with van der Waals surface area (Å²) in [5.74, 6) is -0.756. The molecule has 7 N–H and O–H groups in total. The molecule has 0 aliphatic heterocycles. The first kappa shape index (κ1) is 15.4. The van der Waals surface area contributed by atoms with Gasteiger partial charge >= 0.3 is 133 Å². The molecule has 0 saturated carbocycles. The molecule has 1 rings (SSSR count). The van der Waals surface area contributed by atoms with Crippen LogP contribution in [0.5, 0.6) is 0 Å². The Balaban J connectivity index is 2.88. The Morgan fingerprint density at radius 3 is 2.72 bits per heavy atom. The first-order valence-electron chi connectivity index (χ1n) is 4.33. The molecule has 0 aromatic carbocycles. The van der Waals surface area contributed by atoms with Crippen LogP contribution >= 0.6 is 34.2 Å². The summed E-state index contributed by atoms with van der Waals surface area (Å²) in [6, 6.07) is 0. The van der Waals surface area contributed by atoms with E-state index in [0.717, 1.165) is 2.43 Å². The number of nitrogens with one attached hydrogen (secondary N) is 1. The predicted octanol–water partition coefficient (Wildman–Crippen LogP) is -3.26. The molecule has 1 aromatic heterocycles. The number of nitrogens with zero attached hydrogens (tertiary/aromatic N) is 3. The number of anilines is 2. The molecule has 0 bridgehead atoms. The zero-order valence-corrected chi connectivity index (χ0v) is 13.9. The predicted molar refractivity (Wildman–Crippen MR) is 73.8 cm³/mol. The van der Waals surface area contributed by atoms with E-state index < -0.39 is 27.4 Å². The van der Waals surface area contributed by atoms with Crippen LogP contribution in [-0.4, -0.2) is 24.3 Å². The number of aromatic nitrogens is 2. The van der Waals surface area contributed by atoms with Crippen molar-refractivity contribution < 1.29 is 26.3 Å². The second kappa shape index (κ2) is 7.08. The fourth-order valence-corrected chi connectivity index (χ4v) is 2.50. The summed E-state index contributed by atoms with van der Waals surface area (Å²) in [5.41, 5.74) is 16.3. The summed E-state index contributed by atoms with van der Waals surface area (Å²) in [4.78, 5) is 19.2. The van der Waals surface area contributed by atoms with Gasteiger partial charge in [-0.15, -0.1) is 0 Å². The molecule has 8 nitrogen and oxygen atoms in total. The van der Waals surface area contributed by atoms with E-state index in [4.69, 9.17) is 28.8 Å². The summed E-state index contributed by atoms with van der Waals surface area (Å²) in [5, 5.41) is 2.26. The minimum atomic E-state index is -0.624. The number of amides is 1. The normalized spacial score (nSPS) is 11.6. The van der Waals surface area contributed by atoms with Crippen LogP contribution in [-0.2, 0) is 0 Å². The van der Waals surface area contributed by atoms with Crippen LogP contribution in [0.1, 0.15) is 10.5 Å². The van der Waals surface area contributed by atoms with E-state index in [0.29, 0.717) is 0 Å². The Morgan fingerprint density at radius 2 is 2.11 bits per heavy atom. The summed E-state index contributed by atoms with van der Waals surface area (Å²) < 4.78 is 4.89. The van der Waals surface area contributed by atoms with Crippen molar-refractivity contribution in [2.24, 2.45) is 8.94 Å². The van der Waals surface area contributed by atoms with Gasteiger partial charge in [0.05, 0.1) is 0 Å². The molecule has 0 radical (unpaired) electrons. The van der Waals surface area contributed by atoms with Gasteiger partial charge in [0.15, 0.2) is 0 Å². The molecule has 0 fully saturated rings. The van der Waals surface area contributed by atoms with Gasteiger partial charge in [-0.1, -0.05) is 0 Å². The van der Waals surface area contributed by atoms with Crippen molar-refractivity contribution in [1.82, 2.24) is 15.3 Å². The number of carbonyl (C=O) groups excluding carboxylic acids is 1. The van der Waals surface area contributed by atoms with E-state index in [1.54, 1.807) is 0 Å². The molecule has 100 valence electrons. The number of nitrogen functional groups attached to an aromatic ring is 2. The molecule has 0 aliphatic rings. The maximum atomic E-state index is 11.8. The van der Waals surface area contributed by atoms with Gasteiger partial charge in [-0.05, 0) is 0 Å². The fourth-order valence-electron chi connectivity index (χ4n) is 0.892. The maximum absolute atomic E-state index is 11.8. The van der Waals surface area contributed by atoms with Crippen LogP contribution in [0.15, 0.2) is 3.21 Å². The molecular formula is C7H9ClI2N7O-. The van der Waals surface area contributed by atoms with Gasteiger partial charge < -0.3 is 0 Å². The van der Waals surface area contributed by atoms with Gasteiger partial charge in [-0.3, -0.25) is 0 Å². The SMILES string of the molecule is NC(=N[I-]CI)NC(=O)c1nc(Cl)c(N)nc1N. The summed E-state index contributed by atoms with van der Waals surface area (Å²) in [6.07, 6.45) is 0. The molecule has 0 atom stereocenters. The second-order valence-electron chi connectivity index (χ2n) is 2.78. The van der Waals surface area contributed by atoms with Gasteiger partial charge in [-0.2, -0.15) is 0 Å². The number of hydrogen-bond acceptors (Lipinski definition) is 6. The number of halogens is 3. The Kier molecular flexibility index (Phi) is 6.07. The van der Waals surface area contributed by atoms with Crippen molar-refractivity contribution in [3.8, 4) is 0 Å².